The minimum absolute atomic E-state index is 0.00395. The highest BCUT2D eigenvalue weighted by Gasteiger charge is 2.14. The molecule has 0 heterocycles. The maximum atomic E-state index is 12.6. The Kier molecular flexibility index (Phi) is 15.3. The Hall–Kier alpha value is -2.08. The van der Waals surface area contributed by atoms with E-state index in [-0.39, 0.29) is 11.8 Å². The van der Waals surface area contributed by atoms with Crippen LogP contribution in [-0.4, -0.2) is 46.2 Å². The van der Waals surface area contributed by atoms with Gasteiger partial charge in [0.2, 0.25) is 5.91 Å². The quantitative estimate of drug-likeness (QED) is 0.280. The second-order valence-corrected chi connectivity index (χ2v) is 8.71. The zero-order valence-corrected chi connectivity index (χ0v) is 20.8. The first-order valence-electron chi connectivity index (χ1n) is 12.4. The van der Waals surface area contributed by atoms with Gasteiger partial charge in [0.1, 0.15) is 0 Å². The highest BCUT2D eigenvalue weighted by atomic mass is 16.5. The molecule has 0 radical (unpaired) electrons. The lowest BCUT2D eigenvalue weighted by atomic mass is 10.1. The molecule has 0 aromatic heterocycles. The van der Waals surface area contributed by atoms with Gasteiger partial charge in [0.25, 0.3) is 5.91 Å². The predicted octanol–water partition coefficient (Wildman–Crippen LogP) is 5.77. The van der Waals surface area contributed by atoms with Crippen LogP contribution >= 0.6 is 0 Å². The minimum atomic E-state index is -0.174. The van der Waals surface area contributed by atoms with Crippen molar-refractivity contribution in [2.45, 2.75) is 84.0 Å². The Morgan fingerprint density at radius 1 is 0.906 bits per heavy atom. The second-order valence-electron chi connectivity index (χ2n) is 8.71. The fourth-order valence-electron chi connectivity index (χ4n) is 3.72. The Balaban J connectivity index is 2.34. The van der Waals surface area contributed by atoms with Gasteiger partial charge in [-0.25, -0.2) is 0 Å². The Morgan fingerprint density at radius 2 is 1.50 bits per heavy atom. The molecule has 2 amide bonds. The zero-order valence-electron chi connectivity index (χ0n) is 20.8. The second kappa shape index (κ2) is 17.5. The topological polar surface area (TPSA) is 70.7 Å². The number of unbranched alkanes of at least 4 members (excludes halogenated alkanes) is 10. The molecule has 32 heavy (non-hydrogen) atoms. The maximum absolute atomic E-state index is 12.6. The molecule has 0 atom stereocenters. The lowest BCUT2D eigenvalue weighted by Gasteiger charge is -2.18. The highest BCUT2D eigenvalue weighted by molar-refractivity contribution is 6.02. The van der Waals surface area contributed by atoms with E-state index < -0.39 is 0 Å². The maximum Gasteiger partial charge on any atom is 0.253 e. The predicted molar refractivity (Wildman–Crippen MR) is 135 cm³/mol. The molecular formula is C26H45N3O3. The van der Waals surface area contributed by atoms with Gasteiger partial charge in [-0.15, -0.1) is 0 Å². The zero-order chi connectivity index (χ0) is 23.6. The average Bonchev–Trinajstić information content (AvgIpc) is 2.77. The van der Waals surface area contributed by atoms with E-state index in [0.29, 0.717) is 30.8 Å². The first-order chi connectivity index (χ1) is 15.5. The Labute approximate surface area is 195 Å². The summed E-state index contributed by atoms with van der Waals surface area (Å²) in [6.45, 7) is 3.15. The summed E-state index contributed by atoms with van der Waals surface area (Å²) >= 11 is 0. The summed E-state index contributed by atoms with van der Waals surface area (Å²) < 4.78 is 4.99. The molecule has 0 fully saturated rings. The summed E-state index contributed by atoms with van der Waals surface area (Å²) in [5, 5.41) is 5.79. The number of methoxy groups -OCH3 is 1. The third kappa shape index (κ3) is 12.1. The van der Waals surface area contributed by atoms with Gasteiger partial charge in [0.05, 0.1) is 12.2 Å². The van der Waals surface area contributed by atoms with E-state index >= 15 is 0 Å². The molecule has 0 saturated heterocycles. The standard InChI is InChI=1S/C26H45N3O3/c1-5-6-7-8-9-10-11-12-13-14-15-16-25(30)28-22-17-18-24(29(2)3)23(21-22)26(31)27-19-20-32-4/h17-18,21H,5-16,19-20H2,1-4H3,(H,27,31)(H,28,30). The van der Waals surface area contributed by atoms with Crippen molar-refractivity contribution in [1.29, 1.82) is 0 Å². The van der Waals surface area contributed by atoms with Crippen LogP contribution in [0.3, 0.4) is 0 Å². The van der Waals surface area contributed by atoms with E-state index in [1.54, 1.807) is 13.2 Å². The van der Waals surface area contributed by atoms with Crippen LogP contribution < -0.4 is 15.5 Å². The summed E-state index contributed by atoms with van der Waals surface area (Å²) in [6.07, 6.45) is 14.4. The molecule has 0 unspecified atom stereocenters. The molecule has 0 bridgehead atoms. The van der Waals surface area contributed by atoms with Gasteiger partial charge < -0.3 is 20.3 Å². The monoisotopic (exact) mass is 447 g/mol. The number of anilines is 2. The summed E-state index contributed by atoms with van der Waals surface area (Å²) in [7, 11) is 5.39. The minimum Gasteiger partial charge on any atom is -0.383 e. The van der Waals surface area contributed by atoms with E-state index in [0.717, 1.165) is 18.5 Å². The van der Waals surface area contributed by atoms with Crippen LogP contribution in [0.2, 0.25) is 0 Å². The Morgan fingerprint density at radius 3 is 2.06 bits per heavy atom. The number of carbonyl (C=O) groups excluding carboxylic acids is 2. The number of nitrogens with zero attached hydrogens (tertiary/aromatic N) is 1. The molecule has 6 heteroatoms. The largest absolute Gasteiger partial charge is 0.383 e. The van der Waals surface area contributed by atoms with Crippen LogP contribution in [0.1, 0.15) is 94.3 Å². The van der Waals surface area contributed by atoms with Crippen LogP contribution in [-0.2, 0) is 9.53 Å². The molecule has 0 spiro atoms. The van der Waals surface area contributed by atoms with Crippen molar-refractivity contribution >= 4 is 23.2 Å². The molecule has 1 aromatic carbocycles. The first-order valence-corrected chi connectivity index (χ1v) is 12.4. The van der Waals surface area contributed by atoms with Crippen molar-refractivity contribution < 1.29 is 14.3 Å². The fourth-order valence-corrected chi connectivity index (χ4v) is 3.72. The summed E-state index contributed by atoms with van der Waals surface area (Å²) in [5.41, 5.74) is 2.00. The number of hydrogen-bond acceptors (Lipinski definition) is 4. The van der Waals surface area contributed by atoms with Gasteiger partial charge >= 0.3 is 0 Å². The molecule has 6 nitrogen and oxygen atoms in total. The smallest absolute Gasteiger partial charge is 0.253 e. The van der Waals surface area contributed by atoms with E-state index in [1.807, 2.05) is 31.1 Å². The van der Waals surface area contributed by atoms with Crippen LogP contribution in [0, 0.1) is 0 Å². The van der Waals surface area contributed by atoms with Crippen molar-refractivity contribution in [3.63, 3.8) is 0 Å². The van der Waals surface area contributed by atoms with Crippen molar-refractivity contribution in [1.82, 2.24) is 5.32 Å². The van der Waals surface area contributed by atoms with E-state index in [9.17, 15) is 9.59 Å². The number of benzene rings is 1. The Bertz CT molecular complexity index is 662. The summed E-state index contributed by atoms with van der Waals surface area (Å²) in [5.74, 6) is -0.170. The number of hydrogen-bond donors (Lipinski definition) is 2. The van der Waals surface area contributed by atoms with E-state index in [1.165, 1.54) is 57.8 Å². The molecule has 0 aliphatic heterocycles. The fraction of sp³-hybridized carbons (Fsp3) is 0.692. The SMILES string of the molecule is CCCCCCCCCCCCCC(=O)Nc1ccc(N(C)C)c(C(=O)NCCOC)c1. The van der Waals surface area contributed by atoms with E-state index in [2.05, 4.69) is 17.6 Å². The number of nitrogens with one attached hydrogen (secondary N) is 2. The third-order valence-electron chi connectivity index (χ3n) is 5.61. The van der Waals surface area contributed by atoms with Crippen molar-refractivity contribution in [2.24, 2.45) is 0 Å². The van der Waals surface area contributed by atoms with Crippen LogP contribution in [0.5, 0.6) is 0 Å². The van der Waals surface area contributed by atoms with Gasteiger partial charge in [0, 0.05) is 45.5 Å². The average molecular weight is 448 g/mol. The van der Waals surface area contributed by atoms with Gasteiger partial charge in [0.15, 0.2) is 0 Å². The molecule has 1 aromatic rings. The van der Waals surface area contributed by atoms with Crippen LogP contribution in [0.15, 0.2) is 18.2 Å². The number of rotatable bonds is 18. The highest BCUT2D eigenvalue weighted by Crippen LogP contribution is 2.23. The molecular weight excluding hydrogens is 402 g/mol. The first kappa shape index (κ1) is 28.0. The third-order valence-corrected chi connectivity index (χ3v) is 5.61. The lowest BCUT2D eigenvalue weighted by molar-refractivity contribution is -0.116. The molecule has 0 saturated carbocycles. The molecule has 0 aliphatic carbocycles. The number of carbonyl (C=O) groups is 2. The molecule has 2 N–H and O–H groups in total. The van der Waals surface area contributed by atoms with E-state index in [4.69, 9.17) is 4.74 Å². The molecule has 1 rings (SSSR count). The van der Waals surface area contributed by atoms with Gasteiger partial charge in [-0.05, 0) is 24.6 Å². The lowest BCUT2D eigenvalue weighted by Crippen LogP contribution is -2.28. The van der Waals surface area contributed by atoms with Crippen molar-refractivity contribution in [3.05, 3.63) is 23.8 Å². The number of ether oxygens (including phenoxy) is 1. The van der Waals surface area contributed by atoms with Gasteiger partial charge in [-0.1, -0.05) is 71.1 Å². The summed E-state index contributed by atoms with van der Waals surface area (Å²) in [6, 6.07) is 5.46. The van der Waals surface area contributed by atoms with Gasteiger partial charge in [-0.2, -0.15) is 0 Å². The summed E-state index contributed by atoms with van der Waals surface area (Å²) in [4.78, 5) is 26.8. The van der Waals surface area contributed by atoms with Crippen LogP contribution in [0.4, 0.5) is 11.4 Å². The van der Waals surface area contributed by atoms with Gasteiger partial charge in [-0.3, -0.25) is 9.59 Å². The molecule has 182 valence electrons. The van der Waals surface area contributed by atoms with Crippen molar-refractivity contribution in [3.8, 4) is 0 Å². The van der Waals surface area contributed by atoms with Crippen LogP contribution in [0.25, 0.3) is 0 Å². The molecule has 0 aliphatic rings. The number of amides is 2. The van der Waals surface area contributed by atoms with Crippen molar-refractivity contribution in [2.75, 3.05) is 44.6 Å². The normalized spacial score (nSPS) is 10.8.